The molecule has 1 N–H and O–H groups in total. The smallest absolute Gasteiger partial charge is 0.297 e. The van der Waals surface area contributed by atoms with Gasteiger partial charge in [0, 0.05) is 17.8 Å². The Labute approximate surface area is 142 Å². The van der Waals surface area contributed by atoms with E-state index in [1.54, 1.807) is 18.2 Å². The van der Waals surface area contributed by atoms with Gasteiger partial charge in [0.25, 0.3) is 6.43 Å². The van der Waals surface area contributed by atoms with Crippen molar-refractivity contribution >= 4 is 22.4 Å². The van der Waals surface area contributed by atoms with Gasteiger partial charge in [0.1, 0.15) is 11.5 Å². The van der Waals surface area contributed by atoms with Gasteiger partial charge in [0.15, 0.2) is 5.82 Å². The van der Waals surface area contributed by atoms with Gasteiger partial charge < -0.3 is 9.72 Å². The molecule has 0 atom stereocenters. The van der Waals surface area contributed by atoms with Crippen LogP contribution in [0.25, 0.3) is 16.6 Å². The summed E-state index contributed by atoms with van der Waals surface area (Å²) in [6.45, 7) is 2.37. The van der Waals surface area contributed by atoms with Gasteiger partial charge in [-0.05, 0) is 30.7 Å². The van der Waals surface area contributed by atoms with Crippen molar-refractivity contribution < 1.29 is 8.78 Å². The minimum atomic E-state index is -2.72. The third kappa shape index (κ3) is 2.88. The number of imidazole rings is 1. The number of nitrogens with one attached hydrogen (secondary N) is 1. The predicted octanol–water partition coefficient (Wildman–Crippen LogP) is 4.14. The summed E-state index contributed by atoms with van der Waals surface area (Å²) >= 11 is 0. The number of fused-ring (bicyclic) bond motifs is 2. The van der Waals surface area contributed by atoms with Crippen molar-refractivity contribution in [2.75, 3.05) is 5.32 Å². The first kappa shape index (κ1) is 15.4. The molecule has 0 fully saturated rings. The highest BCUT2D eigenvalue weighted by molar-refractivity contribution is 5.89. The normalized spacial score (nSPS) is 11.5. The lowest BCUT2D eigenvalue weighted by Crippen LogP contribution is -2.06. The lowest BCUT2D eigenvalue weighted by Gasteiger charge is -2.09. The van der Waals surface area contributed by atoms with Crippen molar-refractivity contribution in [3.8, 4) is 0 Å². The van der Waals surface area contributed by atoms with Crippen LogP contribution in [0.5, 0.6) is 0 Å². The highest BCUT2D eigenvalue weighted by Crippen LogP contribution is 2.24. The number of nitrogens with zero attached hydrogens (tertiary/aromatic N) is 4. The SMILES string of the molecule is Cc1cccn2cc(CNc3nc(C(F)F)nc4ccccc34)nc12. The van der Waals surface area contributed by atoms with Crippen LogP contribution in [0.1, 0.15) is 23.5 Å². The predicted molar refractivity (Wildman–Crippen MR) is 91.8 cm³/mol. The fourth-order valence-electron chi connectivity index (χ4n) is 2.79. The van der Waals surface area contributed by atoms with Crippen molar-refractivity contribution in [1.29, 1.82) is 0 Å². The zero-order chi connectivity index (χ0) is 17.4. The molecule has 3 heterocycles. The molecule has 1 aromatic carbocycles. The van der Waals surface area contributed by atoms with Gasteiger partial charge in [0.05, 0.1) is 17.8 Å². The van der Waals surface area contributed by atoms with Gasteiger partial charge >= 0.3 is 0 Å². The fraction of sp³-hybridized carbons (Fsp3) is 0.167. The van der Waals surface area contributed by atoms with Crippen LogP contribution in [-0.2, 0) is 6.54 Å². The number of halogens is 2. The van der Waals surface area contributed by atoms with Crippen molar-refractivity contribution in [2.24, 2.45) is 0 Å². The van der Waals surface area contributed by atoms with Crippen LogP contribution in [0.3, 0.4) is 0 Å². The molecule has 7 heteroatoms. The van der Waals surface area contributed by atoms with Crippen molar-refractivity contribution in [3.63, 3.8) is 0 Å². The number of alkyl halides is 2. The topological polar surface area (TPSA) is 55.1 Å². The molecule has 0 spiro atoms. The molecule has 4 rings (SSSR count). The van der Waals surface area contributed by atoms with Crippen molar-refractivity contribution in [3.05, 3.63) is 65.9 Å². The third-order valence-corrected chi connectivity index (χ3v) is 3.98. The van der Waals surface area contributed by atoms with E-state index >= 15 is 0 Å². The average molecular weight is 339 g/mol. The number of para-hydroxylation sites is 1. The number of pyridine rings is 1. The first-order chi connectivity index (χ1) is 12.1. The van der Waals surface area contributed by atoms with E-state index in [1.807, 2.05) is 41.9 Å². The maximum Gasteiger partial charge on any atom is 0.297 e. The monoisotopic (exact) mass is 339 g/mol. The van der Waals surface area contributed by atoms with E-state index in [4.69, 9.17) is 0 Å². The van der Waals surface area contributed by atoms with Crippen molar-refractivity contribution in [1.82, 2.24) is 19.4 Å². The van der Waals surface area contributed by atoms with Crippen LogP contribution in [0.4, 0.5) is 14.6 Å². The molecular weight excluding hydrogens is 324 g/mol. The maximum atomic E-state index is 13.1. The number of rotatable bonds is 4. The van der Waals surface area contributed by atoms with Gasteiger partial charge in [-0.2, -0.15) is 0 Å². The van der Waals surface area contributed by atoms with Crippen LogP contribution in [0, 0.1) is 6.92 Å². The Balaban J connectivity index is 1.68. The molecule has 4 aromatic rings. The van der Waals surface area contributed by atoms with E-state index in [9.17, 15) is 8.78 Å². The number of hydrogen-bond acceptors (Lipinski definition) is 4. The third-order valence-electron chi connectivity index (χ3n) is 3.98. The molecular formula is C18H15F2N5. The highest BCUT2D eigenvalue weighted by atomic mass is 19.3. The molecule has 0 aliphatic carbocycles. The van der Waals surface area contributed by atoms with Crippen LogP contribution >= 0.6 is 0 Å². The Morgan fingerprint density at radius 3 is 2.72 bits per heavy atom. The molecule has 0 radical (unpaired) electrons. The van der Waals surface area contributed by atoms with Crippen LogP contribution in [0.15, 0.2) is 48.8 Å². The van der Waals surface area contributed by atoms with Gasteiger partial charge in [-0.1, -0.05) is 18.2 Å². The summed E-state index contributed by atoms with van der Waals surface area (Å²) in [7, 11) is 0. The standard InChI is InChI=1S/C18H15F2N5/c1-11-5-4-8-25-10-12(22-18(11)25)9-21-16-13-6-2-3-7-14(13)23-17(24-16)15(19)20/h2-8,10,15H,9H2,1H3,(H,21,23,24). The first-order valence-corrected chi connectivity index (χ1v) is 7.84. The minimum absolute atomic E-state index is 0.380. The zero-order valence-electron chi connectivity index (χ0n) is 13.4. The highest BCUT2D eigenvalue weighted by Gasteiger charge is 2.15. The summed E-state index contributed by atoms with van der Waals surface area (Å²) in [5, 5.41) is 3.82. The molecule has 0 bridgehead atoms. The van der Waals surface area contributed by atoms with E-state index in [2.05, 4.69) is 20.3 Å². The second-order valence-corrected chi connectivity index (χ2v) is 5.76. The molecule has 0 amide bonds. The second-order valence-electron chi connectivity index (χ2n) is 5.76. The second kappa shape index (κ2) is 6.08. The van der Waals surface area contributed by atoms with Gasteiger partial charge in [-0.3, -0.25) is 0 Å². The van der Waals surface area contributed by atoms with Crippen LogP contribution in [0.2, 0.25) is 0 Å². The van der Waals surface area contributed by atoms with Crippen LogP contribution in [-0.4, -0.2) is 19.4 Å². The summed E-state index contributed by atoms with van der Waals surface area (Å²) in [4.78, 5) is 12.5. The minimum Gasteiger partial charge on any atom is -0.364 e. The van der Waals surface area contributed by atoms with E-state index in [0.717, 1.165) is 16.9 Å². The molecule has 25 heavy (non-hydrogen) atoms. The molecule has 126 valence electrons. The summed E-state index contributed by atoms with van der Waals surface area (Å²) < 4.78 is 28.0. The maximum absolute atomic E-state index is 13.1. The summed E-state index contributed by atoms with van der Waals surface area (Å²) in [6.07, 6.45) is 1.11. The molecule has 0 aliphatic rings. The largest absolute Gasteiger partial charge is 0.364 e. The van der Waals surface area contributed by atoms with Crippen molar-refractivity contribution in [2.45, 2.75) is 19.9 Å². The molecule has 0 saturated heterocycles. The quantitative estimate of drug-likeness (QED) is 0.607. The number of aryl methyl sites for hydroxylation is 1. The van der Waals surface area contributed by atoms with Gasteiger partial charge in [-0.25, -0.2) is 23.7 Å². The number of benzene rings is 1. The Morgan fingerprint density at radius 2 is 1.92 bits per heavy atom. The molecule has 0 aliphatic heterocycles. The summed E-state index contributed by atoms with van der Waals surface area (Å²) in [5.41, 5.74) is 3.23. The molecule has 0 unspecified atom stereocenters. The van der Waals surface area contributed by atoms with E-state index in [1.165, 1.54) is 0 Å². The van der Waals surface area contributed by atoms with Gasteiger partial charge in [0.2, 0.25) is 0 Å². The summed E-state index contributed by atoms with van der Waals surface area (Å²) in [6, 6.07) is 11.0. The lowest BCUT2D eigenvalue weighted by atomic mass is 10.2. The van der Waals surface area contributed by atoms with Gasteiger partial charge in [-0.15, -0.1) is 0 Å². The number of hydrogen-bond donors (Lipinski definition) is 1. The Kier molecular flexibility index (Phi) is 3.76. The molecule has 3 aromatic heterocycles. The van der Waals surface area contributed by atoms with E-state index in [0.29, 0.717) is 23.3 Å². The Morgan fingerprint density at radius 1 is 1.08 bits per heavy atom. The fourth-order valence-corrected chi connectivity index (χ4v) is 2.79. The van der Waals surface area contributed by atoms with Crippen LogP contribution < -0.4 is 5.32 Å². The Hall–Kier alpha value is -3.09. The summed E-state index contributed by atoms with van der Waals surface area (Å²) in [5.74, 6) is -0.0956. The van der Waals surface area contributed by atoms with E-state index < -0.39 is 12.2 Å². The average Bonchev–Trinajstić information content (AvgIpc) is 3.04. The molecule has 0 saturated carbocycles. The number of anilines is 1. The van der Waals surface area contributed by atoms with E-state index in [-0.39, 0.29) is 0 Å². The Bertz CT molecular complexity index is 1060. The first-order valence-electron chi connectivity index (χ1n) is 7.84. The number of aromatic nitrogens is 4. The zero-order valence-corrected chi connectivity index (χ0v) is 13.4. The lowest BCUT2D eigenvalue weighted by molar-refractivity contribution is 0.141. The molecule has 5 nitrogen and oxygen atoms in total.